The highest BCUT2D eigenvalue weighted by atomic mass is 35.5. The molecule has 0 bridgehead atoms. The highest BCUT2D eigenvalue weighted by Gasteiger charge is 2.51. The van der Waals surface area contributed by atoms with E-state index in [-0.39, 0.29) is 18.3 Å². The molecule has 1 amide bonds. The van der Waals surface area contributed by atoms with Crippen LogP contribution in [-0.4, -0.2) is 5.91 Å². The molecule has 0 spiro atoms. The molecule has 0 saturated heterocycles. The second-order valence-corrected chi connectivity index (χ2v) is 13.3. The maximum atomic E-state index is 13.5. The summed E-state index contributed by atoms with van der Waals surface area (Å²) in [6.45, 7) is 7.91. The fourth-order valence-electron chi connectivity index (χ4n) is 4.14. The molecule has 0 aliphatic rings. The van der Waals surface area contributed by atoms with Crippen molar-refractivity contribution in [3.63, 3.8) is 0 Å². The second-order valence-electron chi connectivity index (χ2n) is 9.92. The predicted molar refractivity (Wildman–Crippen MR) is 163 cm³/mol. The molecule has 190 valence electrons. The topological polar surface area (TPSA) is 41.1 Å². The molecule has 37 heavy (non-hydrogen) atoms. The van der Waals surface area contributed by atoms with Crippen LogP contribution in [0.1, 0.15) is 26.3 Å². The highest BCUT2D eigenvalue weighted by molar-refractivity contribution is 7.99. The Hall–Kier alpha value is -3.39. The van der Waals surface area contributed by atoms with Crippen LogP contribution in [0.5, 0.6) is 0 Å². The van der Waals surface area contributed by atoms with Gasteiger partial charge in [-0.05, 0) is 55.5 Å². The summed E-state index contributed by atoms with van der Waals surface area (Å²) >= 11 is 0. The summed E-state index contributed by atoms with van der Waals surface area (Å²) in [7, 11) is -2.47. The van der Waals surface area contributed by atoms with Gasteiger partial charge >= 0.3 is 0 Å². The van der Waals surface area contributed by atoms with Gasteiger partial charge < -0.3 is 5.32 Å². The van der Waals surface area contributed by atoms with Crippen molar-refractivity contribution in [2.24, 2.45) is 5.41 Å². The normalized spacial score (nSPS) is 11.8. The SMILES string of the molecule is Cc1ccc(N/C=C(\NC(=O)C(C)(C)C)[P+](c2ccccc2)(c2ccccc2)c2ccccc2)cc1.Cl. The lowest BCUT2D eigenvalue weighted by atomic mass is 9.96. The Labute approximate surface area is 227 Å². The number of rotatable bonds is 7. The third kappa shape index (κ3) is 6.31. The Morgan fingerprint density at radius 2 is 1.08 bits per heavy atom. The van der Waals surface area contributed by atoms with E-state index in [0.717, 1.165) is 11.1 Å². The summed E-state index contributed by atoms with van der Waals surface area (Å²) < 4.78 is 0. The van der Waals surface area contributed by atoms with Crippen LogP contribution in [-0.2, 0) is 4.79 Å². The van der Waals surface area contributed by atoms with Gasteiger partial charge in [-0.2, -0.15) is 0 Å². The summed E-state index contributed by atoms with van der Waals surface area (Å²) in [6, 6.07) is 39.9. The van der Waals surface area contributed by atoms with Crippen molar-refractivity contribution in [2.75, 3.05) is 5.32 Å². The van der Waals surface area contributed by atoms with E-state index in [0.29, 0.717) is 0 Å². The molecule has 0 radical (unpaired) electrons. The minimum Gasteiger partial charge on any atom is -0.357 e. The predicted octanol–water partition coefficient (Wildman–Crippen LogP) is 6.78. The Bertz CT molecular complexity index is 1220. The molecule has 0 heterocycles. The van der Waals surface area contributed by atoms with E-state index < -0.39 is 12.7 Å². The fraction of sp³-hybridized carbons (Fsp3) is 0.156. The molecule has 4 aromatic rings. The molecule has 0 aliphatic carbocycles. The lowest BCUT2D eigenvalue weighted by Crippen LogP contribution is -2.42. The Balaban J connectivity index is 0.00000380. The zero-order valence-electron chi connectivity index (χ0n) is 21.8. The van der Waals surface area contributed by atoms with E-state index >= 15 is 0 Å². The number of hydrogen-bond donors (Lipinski definition) is 2. The van der Waals surface area contributed by atoms with Gasteiger partial charge in [0.1, 0.15) is 15.9 Å². The van der Waals surface area contributed by atoms with Gasteiger partial charge in [-0.3, -0.25) is 10.1 Å². The van der Waals surface area contributed by atoms with Crippen molar-refractivity contribution in [2.45, 2.75) is 27.7 Å². The molecular weight excluding hydrogens is 495 g/mol. The van der Waals surface area contributed by atoms with E-state index in [1.807, 2.05) is 45.2 Å². The van der Waals surface area contributed by atoms with Crippen molar-refractivity contribution in [3.8, 4) is 0 Å². The zero-order valence-corrected chi connectivity index (χ0v) is 23.5. The van der Waals surface area contributed by atoms with Gasteiger partial charge in [-0.15, -0.1) is 12.4 Å². The van der Waals surface area contributed by atoms with E-state index in [9.17, 15) is 4.79 Å². The molecule has 4 aromatic carbocycles. The smallest absolute Gasteiger partial charge is 0.232 e. The molecule has 0 aromatic heterocycles. The number of nitrogens with one attached hydrogen (secondary N) is 2. The van der Waals surface area contributed by atoms with Crippen molar-refractivity contribution in [1.82, 2.24) is 5.32 Å². The van der Waals surface area contributed by atoms with Crippen LogP contribution in [0.25, 0.3) is 0 Å². The van der Waals surface area contributed by atoms with E-state index in [1.54, 1.807) is 0 Å². The fourth-order valence-corrected chi connectivity index (χ4v) is 8.26. The number of carbonyl (C=O) groups is 1. The largest absolute Gasteiger partial charge is 0.357 e. The minimum absolute atomic E-state index is 0. The first-order chi connectivity index (χ1) is 17.3. The molecule has 0 unspecified atom stereocenters. The lowest BCUT2D eigenvalue weighted by Gasteiger charge is -2.31. The maximum Gasteiger partial charge on any atom is 0.232 e. The third-order valence-electron chi connectivity index (χ3n) is 6.14. The van der Waals surface area contributed by atoms with Gasteiger partial charge in [-0.1, -0.05) is 93.1 Å². The molecule has 0 fully saturated rings. The van der Waals surface area contributed by atoms with E-state index in [2.05, 4.69) is 115 Å². The average Bonchev–Trinajstić information content (AvgIpc) is 2.90. The molecule has 0 saturated carbocycles. The summed E-state index contributed by atoms with van der Waals surface area (Å²) in [5, 5.41) is 10.4. The van der Waals surface area contributed by atoms with Gasteiger partial charge in [0.05, 0.1) is 6.20 Å². The molecule has 2 N–H and O–H groups in total. The van der Waals surface area contributed by atoms with Gasteiger partial charge in [0.15, 0.2) is 12.7 Å². The number of amides is 1. The number of halogens is 1. The summed E-state index contributed by atoms with van der Waals surface area (Å²) in [4.78, 5) is 13.5. The lowest BCUT2D eigenvalue weighted by molar-refractivity contribution is -0.127. The number of aryl methyl sites for hydroxylation is 1. The van der Waals surface area contributed by atoms with Crippen molar-refractivity contribution in [1.29, 1.82) is 0 Å². The number of anilines is 1. The standard InChI is InChI=1S/C32H33N2OP.ClH/c1-25-20-22-26(23-21-25)33-24-30(34-31(35)32(2,3)4)36(27-14-8-5-9-15-27,28-16-10-6-11-17-28)29-18-12-7-13-19-29;/h5-24,33H,1-4H3;1H/p+1/b30-24+;. The number of benzene rings is 4. The summed E-state index contributed by atoms with van der Waals surface area (Å²) in [6.07, 6.45) is 2.00. The van der Waals surface area contributed by atoms with Crippen molar-refractivity contribution >= 4 is 47.2 Å². The van der Waals surface area contributed by atoms with Crippen LogP contribution in [0.2, 0.25) is 0 Å². The molecule has 4 rings (SSSR count). The Morgan fingerprint density at radius 3 is 1.46 bits per heavy atom. The molecule has 5 heteroatoms. The molecular formula is C32H35ClN2OP+. The van der Waals surface area contributed by atoms with Crippen LogP contribution < -0.4 is 26.5 Å². The quantitative estimate of drug-likeness (QED) is 0.259. The second kappa shape index (κ2) is 12.2. The van der Waals surface area contributed by atoms with Crippen LogP contribution in [0.3, 0.4) is 0 Å². The van der Waals surface area contributed by atoms with Gasteiger partial charge in [-0.25, -0.2) is 0 Å². The van der Waals surface area contributed by atoms with Crippen molar-refractivity contribution in [3.05, 3.63) is 132 Å². The minimum atomic E-state index is -2.47. The average molecular weight is 530 g/mol. The van der Waals surface area contributed by atoms with Gasteiger partial charge in [0.25, 0.3) is 0 Å². The van der Waals surface area contributed by atoms with Crippen LogP contribution in [0, 0.1) is 12.3 Å². The first-order valence-electron chi connectivity index (χ1n) is 12.2. The Kier molecular flexibility index (Phi) is 9.32. The first-order valence-corrected chi connectivity index (χ1v) is 14.0. The first kappa shape index (κ1) is 28.2. The van der Waals surface area contributed by atoms with Crippen LogP contribution in [0.4, 0.5) is 5.69 Å². The van der Waals surface area contributed by atoms with Crippen LogP contribution >= 0.6 is 19.7 Å². The van der Waals surface area contributed by atoms with Gasteiger partial charge in [0, 0.05) is 11.1 Å². The summed E-state index contributed by atoms with van der Waals surface area (Å²) in [5.41, 5.74) is 2.48. The van der Waals surface area contributed by atoms with Crippen molar-refractivity contribution < 1.29 is 4.79 Å². The molecule has 3 nitrogen and oxygen atoms in total. The monoisotopic (exact) mass is 529 g/mol. The number of hydrogen-bond acceptors (Lipinski definition) is 2. The van der Waals surface area contributed by atoms with Crippen LogP contribution in [0.15, 0.2) is 127 Å². The molecule has 0 atom stereocenters. The molecule has 0 aliphatic heterocycles. The third-order valence-corrected chi connectivity index (χ3v) is 10.3. The van der Waals surface area contributed by atoms with E-state index in [4.69, 9.17) is 0 Å². The Morgan fingerprint density at radius 1 is 0.676 bits per heavy atom. The summed E-state index contributed by atoms with van der Waals surface area (Å²) in [5.74, 6) is -0.0216. The zero-order chi connectivity index (χ0) is 25.6. The van der Waals surface area contributed by atoms with E-state index in [1.165, 1.54) is 21.5 Å². The maximum absolute atomic E-state index is 13.5. The van der Waals surface area contributed by atoms with Gasteiger partial charge in [0.2, 0.25) is 5.91 Å². The number of carbonyl (C=O) groups excluding carboxylic acids is 1. The highest BCUT2D eigenvalue weighted by Crippen LogP contribution is 2.61.